The van der Waals surface area contributed by atoms with Crippen molar-refractivity contribution in [1.29, 1.82) is 0 Å². The van der Waals surface area contributed by atoms with Crippen molar-refractivity contribution in [2.45, 2.75) is 57.8 Å². The Labute approximate surface area is 856 Å². The van der Waals surface area contributed by atoms with Gasteiger partial charge in [-0.2, -0.15) is 0 Å². The summed E-state index contributed by atoms with van der Waals surface area (Å²) in [5.74, 6) is 0. The number of benzene rings is 22. The van der Waals surface area contributed by atoms with Crippen molar-refractivity contribution in [3.8, 4) is 117 Å². The Hall–Kier alpha value is -17.9. The Bertz CT molecular complexity index is 10300. The van der Waals surface area contributed by atoms with Crippen molar-refractivity contribution in [2.75, 3.05) is 0 Å². The van der Waals surface area contributed by atoms with Crippen molar-refractivity contribution >= 4 is 141 Å². The molecule has 0 unspecified atom stereocenters. The van der Waals surface area contributed by atoms with Gasteiger partial charge in [0.05, 0.1) is 55.2 Å². The molecule has 3 aliphatic rings. The van der Waals surface area contributed by atoms with Gasteiger partial charge in [0, 0.05) is 119 Å². The van der Waals surface area contributed by atoms with E-state index in [-0.39, 0.29) is 16.2 Å². The van der Waals surface area contributed by atoms with Crippen LogP contribution < -0.4 is 0 Å². The minimum absolute atomic E-state index is 0.0471. The average molecular weight is 1900 g/mol. The van der Waals surface area contributed by atoms with Gasteiger partial charge in [-0.3, -0.25) is 0 Å². The van der Waals surface area contributed by atoms with Crippen LogP contribution in [0, 0.1) is 0 Å². The summed E-state index contributed by atoms with van der Waals surface area (Å²) in [7, 11) is 0. The third-order valence-corrected chi connectivity index (χ3v) is 33.9. The summed E-state index contributed by atoms with van der Waals surface area (Å²) in [4.78, 5) is 0. The molecule has 6 heterocycles. The lowest BCUT2D eigenvalue weighted by Gasteiger charge is -2.21. The van der Waals surface area contributed by atoms with E-state index >= 15 is 0 Å². The number of rotatable bonds is 10. The molecule has 147 heavy (non-hydrogen) atoms. The zero-order valence-electron chi connectivity index (χ0n) is 82.4. The number of thiophene rings is 1. The van der Waals surface area contributed by atoms with Crippen LogP contribution in [0.5, 0.6) is 0 Å². The molecule has 0 saturated carbocycles. The molecular formula is C141H99N5S. The lowest BCUT2D eigenvalue weighted by atomic mass is 9.82. The predicted octanol–water partition coefficient (Wildman–Crippen LogP) is 38.2. The average Bonchev–Trinajstić information content (AvgIpc) is 1.55. The summed E-state index contributed by atoms with van der Waals surface area (Å²) >= 11 is 1.91. The van der Waals surface area contributed by atoms with Crippen LogP contribution in [0.1, 0.15) is 74.9 Å². The second kappa shape index (κ2) is 33.1. The molecule has 5 nitrogen and oxygen atoms in total. The van der Waals surface area contributed by atoms with E-state index in [1.54, 1.807) is 0 Å². The monoisotopic (exact) mass is 1890 g/mol. The quantitative estimate of drug-likeness (QED) is 0.130. The number of fused-ring (bicyclic) bond motifs is 27. The van der Waals surface area contributed by atoms with Crippen molar-refractivity contribution in [3.05, 3.63) is 525 Å². The van der Waals surface area contributed by atoms with Crippen LogP contribution in [0.4, 0.5) is 0 Å². The third-order valence-electron chi connectivity index (χ3n) is 32.6. The predicted molar refractivity (Wildman–Crippen MR) is 624 cm³/mol. The van der Waals surface area contributed by atoms with E-state index < -0.39 is 0 Å². The van der Waals surface area contributed by atoms with Gasteiger partial charge in [-0.15, -0.1) is 11.3 Å². The second-order valence-corrected chi connectivity index (χ2v) is 42.7. The van der Waals surface area contributed by atoms with Crippen LogP contribution in [0.25, 0.3) is 247 Å². The van der Waals surface area contributed by atoms with Crippen molar-refractivity contribution in [1.82, 2.24) is 22.8 Å². The lowest BCUT2D eigenvalue weighted by Crippen LogP contribution is -2.14. The molecule has 0 fully saturated rings. The molecule has 0 aliphatic heterocycles. The molecule has 0 bridgehead atoms. The first-order chi connectivity index (χ1) is 72.2. The Balaban J connectivity index is 0.000000104. The van der Waals surface area contributed by atoms with Crippen LogP contribution in [0.15, 0.2) is 491 Å². The highest BCUT2D eigenvalue weighted by Gasteiger charge is 2.40. The van der Waals surface area contributed by atoms with E-state index in [0.717, 1.165) is 5.69 Å². The molecule has 3 aliphatic carbocycles. The minimum atomic E-state index is -0.0806. The molecule has 694 valence electrons. The normalized spacial score (nSPS) is 13.4. The highest BCUT2D eigenvalue weighted by molar-refractivity contribution is 7.27. The smallest absolute Gasteiger partial charge is 0.0547 e. The first-order valence-electron chi connectivity index (χ1n) is 51.3. The topological polar surface area (TPSA) is 24.6 Å². The number of nitrogens with zero attached hydrogens (tertiary/aromatic N) is 5. The summed E-state index contributed by atoms with van der Waals surface area (Å²) in [6, 6.07) is 181. The third kappa shape index (κ3) is 13.2. The number of para-hydroxylation sites is 5. The van der Waals surface area contributed by atoms with Crippen LogP contribution in [0.3, 0.4) is 0 Å². The van der Waals surface area contributed by atoms with E-state index in [4.69, 9.17) is 0 Å². The number of hydrogen-bond donors (Lipinski definition) is 0. The molecule has 0 amide bonds. The highest BCUT2D eigenvalue weighted by Crippen LogP contribution is 2.57. The Morgan fingerprint density at radius 2 is 0.388 bits per heavy atom. The first kappa shape index (κ1) is 85.8. The highest BCUT2D eigenvalue weighted by atomic mass is 32.1. The minimum Gasteiger partial charge on any atom is -0.309 e. The Kier molecular flexibility index (Phi) is 19.3. The molecule has 0 saturated heterocycles. The fourth-order valence-corrected chi connectivity index (χ4v) is 26.9. The van der Waals surface area contributed by atoms with Crippen molar-refractivity contribution in [3.63, 3.8) is 0 Å². The van der Waals surface area contributed by atoms with Crippen LogP contribution in [0.2, 0.25) is 0 Å². The van der Waals surface area contributed by atoms with Gasteiger partial charge in [-0.05, 0) is 274 Å². The van der Waals surface area contributed by atoms with Gasteiger partial charge in [0.15, 0.2) is 0 Å². The van der Waals surface area contributed by atoms with Crippen molar-refractivity contribution in [2.24, 2.45) is 0 Å². The fourth-order valence-electron chi connectivity index (χ4n) is 25.5. The maximum atomic E-state index is 2.48. The van der Waals surface area contributed by atoms with Gasteiger partial charge in [-0.25, -0.2) is 0 Å². The molecule has 0 N–H and O–H groups in total. The summed E-state index contributed by atoms with van der Waals surface area (Å²) in [5.41, 5.74) is 46.9. The van der Waals surface area contributed by atoms with Crippen LogP contribution in [-0.2, 0) is 16.2 Å². The number of aromatic nitrogens is 5. The molecule has 28 aromatic rings. The van der Waals surface area contributed by atoms with E-state index in [2.05, 4.69) is 556 Å². The summed E-state index contributed by atoms with van der Waals surface area (Å²) in [6.45, 7) is 14.2. The van der Waals surface area contributed by atoms with Gasteiger partial charge >= 0.3 is 0 Å². The van der Waals surface area contributed by atoms with Gasteiger partial charge in [0.2, 0.25) is 0 Å². The SMILES string of the molecule is CC1(C)c2ccccc2-c2cc3c4ccc(-c5ccccc5)cc4n(-c4ccc(-c5ccc6c(c5)c5ccccc5n6-c5ccccc5)cc4)c3cc21.CC1(C)c2ccccc2-c2cc3c4ccccc4n(-c4ccc(-c5cccc6c5sc5c(-c7ccccc7)cccc56)cc4)c3cc21.CC1(C)c2ccccc2-c2cc3c4ccccc4n(-c4ccc5c(c4)c4cc(-c6ccccc6)ccc4n5-c4ccccc4)c3cc21. The maximum Gasteiger partial charge on any atom is 0.0547 e. The van der Waals surface area contributed by atoms with Crippen LogP contribution in [-0.4, -0.2) is 22.8 Å². The van der Waals surface area contributed by atoms with E-state index in [0.29, 0.717) is 0 Å². The summed E-state index contributed by atoms with van der Waals surface area (Å²) in [6.07, 6.45) is 0. The lowest BCUT2D eigenvalue weighted by molar-refractivity contribution is 0.661. The maximum absolute atomic E-state index is 2.48. The van der Waals surface area contributed by atoms with Gasteiger partial charge in [-0.1, -0.05) is 381 Å². The molecule has 31 rings (SSSR count). The van der Waals surface area contributed by atoms with E-state index in [1.165, 1.54) is 274 Å². The molecule has 0 atom stereocenters. The second-order valence-electron chi connectivity index (χ2n) is 41.7. The zero-order valence-corrected chi connectivity index (χ0v) is 83.2. The van der Waals surface area contributed by atoms with E-state index in [1.807, 2.05) is 11.3 Å². The molecule has 0 radical (unpaired) electrons. The Morgan fingerprint density at radius 1 is 0.136 bits per heavy atom. The molecule has 6 aromatic heterocycles. The van der Waals surface area contributed by atoms with Gasteiger partial charge in [0.25, 0.3) is 0 Å². The zero-order chi connectivity index (χ0) is 97.8. The van der Waals surface area contributed by atoms with Crippen molar-refractivity contribution < 1.29 is 0 Å². The molecular weight excluding hydrogens is 1800 g/mol. The molecule has 22 aromatic carbocycles. The molecule has 0 spiro atoms. The largest absolute Gasteiger partial charge is 0.309 e. The van der Waals surface area contributed by atoms with E-state index in [9.17, 15) is 0 Å². The first-order valence-corrected chi connectivity index (χ1v) is 52.1. The standard InChI is InChI=1S/C51H36N2.C45H32N2.C45H31NS/c1-51(2)45-19-11-9-17-39(45)42-31-44-41-27-23-36(33-13-5-3-6-14-33)30-49(41)53(50(44)32-46(42)51)38-25-21-34(22-26-38)35-24-28-48-43(29-35)40-18-10-12-20-47(40)52(48)37-15-7-4-8-16-37;1-45(2)39-19-11-9-17-33(39)35-27-38-34-18-10-12-20-41(34)47(44(38)28-40(35)45)32-22-24-43-37(26-32)36-25-30(29-13-5-3-6-14-29)21-23-42(36)46(43)31-15-7-4-8-16-31;1-45(2)39-20-8-6-14-33(39)37-26-38-34-15-7-9-21-41(34)46(42(38)27-40(37)45)30-24-22-29(23-25-30)32-17-11-19-36-35-18-10-16-31(43(35)47-44(32)36)28-12-4-3-5-13-28/h3-32H,1-2H3;3-28H,1-2H3;3-27H,1-2H3. The molecule has 6 heteroatoms. The van der Waals surface area contributed by atoms with Gasteiger partial charge in [0.1, 0.15) is 0 Å². The Morgan fingerprint density at radius 3 is 0.816 bits per heavy atom. The van der Waals surface area contributed by atoms with Crippen LogP contribution >= 0.6 is 11.3 Å². The summed E-state index contributed by atoms with van der Waals surface area (Å²) in [5, 5.41) is 15.4. The fraction of sp³-hybridized carbons (Fsp3) is 0.0638. The van der Waals surface area contributed by atoms with Gasteiger partial charge < -0.3 is 22.8 Å². The number of hydrogen-bond acceptors (Lipinski definition) is 1. The summed E-state index contributed by atoms with van der Waals surface area (Å²) < 4.78 is 14.9.